The van der Waals surface area contributed by atoms with Gasteiger partial charge in [0, 0.05) is 37.9 Å². The summed E-state index contributed by atoms with van der Waals surface area (Å²) in [7, 11) is 3.34. The first kappa shape index (κ1) is 22.0. The number of anilines is 1. The van der Waals surface area contributed by atoms with Crippen molar-refractivity contribution in [3.05, 3.63) is 60.3 Å². The molecule has 26 heavy (non-hydrogen) atoms. The molecule has 0 radical (unpaired) electrons. The van der Waals surface area contributed by atoms with Crippen LogP contribution in [0.25, 0.3) is 6.08 Å². The van der Waals surface area contributed by atoms with Crippen LogP contribution in [-0.2, 0) is 0 Å². The Morgan fingerprint density at radius 2 is 1.46 bits per heavy atom. The van der Waals surface area contributed by atoms with E-state index in [4.69, 9.17) is 9.47 Å². The average molecular weight is 397 g/mol. The lowest BCUT2D eigenvalue weighted by molar-refractivity contribution is 0.347. The molecular formula is C20H26Cl2N2O2. The highest BCUT2D eigenvalue weighted by atomic mass is 35.5. The number of halogens is 2. The molecule has 6 heteroatoms. The summed E-state index contributed by atoms with van der Waals surface area (Å²) in [6.07, 6.45) is 4.37. The van der Waals surface area contributed by atoms with Gasteiger partial charge in [0.2, 0.25) is 0 Å². The lowest BCUT2D eigenvalue weighted by Gasteiger charge is -2.35. The molecule has 0 aromatic heterocycles. The van der Waals surface area contributed by atoms with Gasteiger partial charge in [-0.15, -0.1) is 24.8 Å². The summed E-state index contributed by atoms with van der Waals surface area (Å²) in [5.74, 6) is 1.55. The van der Waals surface area contributed by atoms with Crippen LogP contribution in [0, 0.1) is 0 Å². The minimum absolute atomic E-state index is 0. The van der Waals surface area contributed by atoms with E-state index >= 15 is 0 Å². The number of rotatable bonds is 5. The van der Waals surface area contributed by atoms with Crippen LogP contribution in [0.1, 0.15) is 5.56 Å². The Kier molecular flexibility index (Phi) is 9.17. The minimum atomic E-state index is 0. The van der Waals surface area contributed by atoms with E-state index in [1.807, 2.05) is 18.2 Å². The van der Waals surface area contributed by atoms with E-state index in [0.29, 0.717) is 0 Å². The van der Waals surface area contributed by atoms with Crippen molar-refractivity contribution in [2.24, 2.45) is 0 Å². The molecule has 1 aliphatic rings. The van der Waals surface area contributed by atoms with Crippen molar-refractivity contribution in [2.45, 2.75) is 0 Å². The second kappa shape index (κ2) is 10.8. The van der Waals surface area contributed by atoms with Gasteiger partial charge in [0.05, 0.1) is 14.2 Å². The van der Waals surface area contributed by atoms with E-state index in [9.17, 15) is 0 Å². The Hall–Kier alpha value is -2.04. The molecule has 1 aliphatic heterocycles. The van der Waals surface area contributed by atoms with Crippen LogP contribution in [0.15, 0.2) is 54.7 Å². The maximum Gasteiger partial charge on any atom is 0.162 e. The molecule has 0 aliphatic carbocycles. The van der Waals surface area contributed by atoms with Crippen molar-refractivity contribution in [1.29, 1.82) is 0 Å². The van der Waals surface area contributed by atoms with Gasteiger partial charge in [-0.2, -0.15) is 0 Å². The summed E-state index contributed by atoms with van der Waals surface area (Å²) >= 11 is 0. The summed E-state index contributed by atoms with van der Waals surface area (Å²) in [6.45, 7) is 4.01. The van der Waals surface area contributed by atoms with Crippen LogP contribution in [0.3, 0.4) is 0 Å². The fourth-order valence-corrected chi connectivity index (χ4v) is 2.91. The Labute approximate surface area is 168 Å². The molecular weight excluding hydrogens is 371 g/mol. The lowest BCUT2D eigenvalue weighted by Crippen LogP contribution is -2.44. The van der Waals surface area contributed by atoms with Gasteiger partial charge in [0.15, 0.2) is 11.5 Å². The topological polar surface area (TPSA) is 24.9 Å². The van der Waals surface area contributed by atoms with Gasteiger partial charge < -0.3 is 19.3 Å². The molecule has 2 aromatic rings. The average Bonchev–Trinajstić information content (AvgIpc) is 2.67. The number of ether oxygens (including phenoxy) is 2. The van der Waals surface area contributed by atoms with E-state index < -0.39 is 0 Å². The van der Waals surface area contributed by atoms with E-state index in [1.165, 1.54) is 11.3 Å². The zero-order valence-electron chi connectivity index (χ0n) is 15.1. The molecule has 1 fully saturated rings. The number of nitrogens with zero attached hydrogens (tertiary/aromatic N) is 2. The molecule has 0 bridgehead atoms. The molecule has 0 N–H and O–H groups in total. The van der Waals surface area contributed by atoms with Gasteiger partial charge in [0.1, 0.15) is 0 Å². The molecule has 0 unspecified atom stereocenters. The quantitative estimate of drug-likeness (QED) is 0.750. The van der Waals surface area contributed by atoms with Crippen LogP contribution in [0.2, 0.25) is 0 Å². The molecule has 1 saturated heterocycles. The van der Waals surface area contributed by atoms with Crippen LogP contribution in [-0.4, -0.2) is 45.3 Å². The van der Waals surface area contributed by atoms with Gasteiger partial charge >= 0.3 is 0 Å². The first-order chi connectivity index (χ1) is 11.8. The summed E-state index contributed by atoms with van der Waals surface area (Å²) < 4.78 is 10.7. The molecule has 3 rings (SSSR count). The Morgan fingerprint density at radius 3 is 2.08 bits per heavy atom. The van der Waals surface area contributed by atoms with E-state index in [2.05, 4.69) is 52.4 Å². The second-order valence-electron chi connectivity index (χ2n) is 5.79. The molecule has 0 atom stereocenters. The summed E-state index contributed by atoms with van der Waals surface area (Å²) in [6, 6.07) is 16.5. The van der Waals surface area contributed by atoms with E-state index in [0.717, 1.165) is 37.7 Å². The molecule has 142 valence electrons. The van der Waals surface area contributed by atoms with Crippen molar-refractivity contribution in [2.75, 3.05) is 45.3 Å². The highest BCUT2D eigenvalue weighted by Crippen LogP contribution is 2.31. The number of hydrogen-bond donors (Lipinski definition) is 0. The van der Waals surface area contributed by atoms with Gasteiger partial charge in [-0.1, -0.05) is 30.3 Å². The highest BCUT2D eigenvalue weighted by molar-refractivity contribution is 5.85. The zero-order chi connectivity index (χ0) is 16.8. The first-order valence-corrected chi connectivity index (χ1v) is 8.24. The number of benzene rings is 2. The smallest absolute Gasteiger partial charge is 0.162 e. The third kappa shape index (κ3) is 5.48. The van der Waals surface area contributed by atoms with Crippen LogP contribution >= 0.6 is 24.8 Å². The SMILES string of the molecule is COc1ccc(N2CCN(C=Cc3ccccc3)CC2)cc1OC.Cl.Cl. The van der Waals surface area contributed by atoms with Crippen LogP contribution < -0.4 is 14.4 Å². The van der Waals surface area contributed by atoms with Crippen molar-refractivity contribution in [3.63, 3.8) is 0 Å². The Bertz CT molecular complexity index is 687. The largest absolute Gasteiger partial charge is 0.493 e. The van der Waals surface area contributed by atoms with Crippen molar-refractivity contribution < 1.29 is 9.47 Å². The first-order valence-electron chi connectivity index (χ1n) is 8.24. The summed E-state index contributed by atoms with van der Waals surface area (Å²) in [5, 5.41) is 0. The van der Waals surface area contributed by atoms with Crippen LogP contribution in [0.4, 0.5) is 5.69 Å². The minimum Gasteiger partial charge on any atom is -0.493 e. The maximum atomic E-state index is 5.40. The summed E-state index contributed by atoms with van der Waals surface area (Å²) in [5.41, 5.74) is 2.42. The standard InChI is InChI=1S/C20H24N2O2.2ClH/c1-23-19-9-8-18(16-20(19)24-2)22-14-12-21(13-15-22)11-10-17-6-4-3-5-7-17;;/h3-11,16H,12-15H2,1-2H3;2*1H. The monoisotopic (exact) mass is 396 g/mol. The van der Waals surface area contributed by atoms with Crippen molar-refractivity contribution >= 4 is 36.6 Å². The lowest BCUT2D eigenvalue weighted by atomic mass is 10.2. The zero-order valence-corrected chi connectivity index (χ0v) is 16.8. The van der Waals surface area contributed by atoms with Gasteiger partial charge in [-0.05, 0) is 30.0 Å². The Morgan fingerprint density at radius 1 is 0.808 bits per heavy atom. The van der Waals surface area contributed by atoms with Crippen molar-refractivity contribution in [3.8, 4) is 11.5 Å². The molecule has 0 saturated carbocycles. The number of methoxy groups -OCH3 is 2. The normalized spacial score (nSPS) is 13.8. The third-order valence-electron chi connectivity index (χ3n) is 4.32. The van der Waals surface area contributed by atoms with Gasteiger partial charge in [-0.25, -0.2) is 0 Å². The Balaban J connectivity index is 0.00000169. The van der Waals surface area contributed by atoms with Crippen molar-refractivity contribution in [1.82, 2.24) is 4.90 Å². The molecule has 4 nitrogen and oxygen atoms in total. The number of piperazine rings is 1. The third-order valence-corrected chi connectivity index (χ3v) is 4.32. The van der Waals surface area contributed by atoms with Gasteiger partial charge in [-0.3, -0.25) is 0 Å². The summed E-state index contributed by atoms with van der Waals surface area (Å²) in [4.78, 5) is 4.75. The van der Waals surface area contributed by atoms with Crippen LogP contribution in [0.5, 0.6) is 11.5 Å². The fraction of sp³-hybridized carbons (Fsp3) is 0.300. The maximum absolute atomic E-state index is 5.40. The number of hydrogen-bond acceptors (Lipinski definition) is 4. The highest BCUT2D eigenvalue weighted by Gasteiger charge is 2.16. The van der Waals surface area contributed by atoms with Gasteiger partial charge in [0.25, 0.3) is 0 Å². The predicted molar refractivity (Wildman–Crippen MR) is 113 cm³/mol. The second-order valence-corrected chi connectivity index (χ2v) is 5.79. The molecule has 1 heterocycles. The van der Waals surface area contributed by atoms with E-state index in [1.54, 1.807) is 14.2 Å². The molecule has 2 aromatic carbocycles. The van der Waals surface area contributed by atoms with E-state index in [-0.39, 0.29) is 24.8 Å². The molecule has 0 spiro atoms. The molecule has 0 amide bonds. The predicted octanol–water partition coefficient (Wildman–Crippen LogP) is 4.34. The fourth-order valence-electron chi connectivity index (χ4n) is 2.91.